The number of amides is 4. The third-order valence-corrected chi connectivity index (χ3v) is 0.403. The van der Waals surface area contributed by atoms with Gasteiger partial charge in [0.15, 0.2) is 0 Å². The van der Waals surface area contributed by atoms with Gasteiger partial charge >= 0.3 is 12.1 Å². The van der Waals surface area contributed by atoms with E-state index in [-0.39, 0.29) is 0 Å². The first-order valence-corrected chi connectivity index (χ1v) is 3.11. The van der Waals surface area contributed by atoms with Gasteiger partial charge in [-0.25, -0.2) is 9.59 Å². The molecule has 0 aliphatic carbocycles. The molecule has 0 saturated heterocycles. The van der Waals surface area contributed by atoms with E-state index < -0.39 is 18.5 Å². The number of aliphatic hydroxyl groups excluding tert-OH is 1. The lowest BCUT2D eigenvalue weighted by atomic mass is 11.2. The summed E-state index contributed by atoms with van der Waals surface area (Å²) >= 11 is 0. The Balaban J connectivity index is -0.000000135. The molecule has 9 heteroatoms. The smallest absolute Gasteiger partial charge is 0.309 e. The molecule has 0 bridgehead atoms. The summed E-state index contributed by atoms with van der Waals surface area (Å²) in [4.78, 5) is 18.0. The summed E-state index contributed by atoms with van der Waals surface area (Å²) in [5.74, 6) is 0. The van der Waals surface area contributed by atoms with Gasteiger partial charge in [-0.15, -0.1) is 0 Å². The van der Waals surface area contributed by atoms with Crippen LogP contribution in [0.4, 0.5) is 9.59 Å². The molecule has 9 nitrogen and oxygen atoms in total. The van der Waals surface area contributed by atoms with Gasteiger partial charge in [0.05, 0.1) is 0 Å². The highest BCUT2D eigenvalue weighted by Crippen LogP contribution is 1.78. The maximum Gasteiger partial charge on any atom is 0.309 e. The topological polar surface area (TPSA) is 177 Å². The second-order valence-corrected chi connectivity index (χ2v) is 1.58. The molecule has 0 atom stereocenters. The van der Waals surface area contributed by atoms with Crippen LogP contribution >= 0.6 is 0 Å². The number of hydrogen-bond acceptors (Lipinski definition) is 5. The van der Waals surface area contributed by atoms with Crippen molar-refractivity contribution in [2.75, 3.05) is 14.2 Å². The normalized spacial score (nSPS) is 7.71. The molecule has 4 amide bonds. The molecule has 0 aromatic carbocycles. The van der Waals surface area contributed by atoms with Crippen molar-refractivity contribution in [3.05, 3.63) is 0 Å². The summed E-state index contributed by atoms with van der Waals surface area (Å²) in [6.07, 6.45) is 0. The van der Waals surface area contributed by atoms with E-state index in [1.165, 1.54) is 14.2 Å². The first-order valence-electron chi connectivity index (χ1n) is 3.11. The van der Waals surface area contributed by atoms with Crippen LogP contribution in [0.25, 0.3) is 0 Å². The molecule has 0 aromatic heterocycles. The summed E-state index contributed by atoms with van der Waals surface area (Å²) in [7, 11) is 2.71. The van der Waals surface area contributed by atoms with Crippen molar-refractivity contribution in [3.63, 3.8) is 0 Å². The molecule has 0 radical (unpaired) electrons. The fraction of sp³-hybridized carbons (Fsp3) is 0.600. The van der Waals surface area contributed by atoms with Gasteiger partial charge in [-0.2, -0.15) is 0 Å². The number of carbonyl (C=O) groups excluding carboxylic acids is 2. The van der Waals surface area contributed by atoms with Crippen LogP contribution in [-0.2, 0) is 9.47 Å². The largest absolute Gasteiger partial charge is 0.352 e. The van der Waals surface area contributed by atoms with Crippen molar-refractivity contribution in [1.29, 1.82) is 0 Å². The summed E-state index contributed by atoms with van der Waals surface area (Å²) in [6.45, 7) is -1.06. The molecule has 0 aliphatic rings. The van der Waals surface area contributed by atoms with Crippen LogP contribution in [0.5, 0.6) is 0 Å². The molecule has 0 rings (SSSR count). The van der Waals surface area contributed by atoms with Gasteiger partial charge in [-0.05, 0) is 0 Å². The van der Waals surface area contributed by atoms with Crippen molar-refractivity contribution in [1.82, 2.24) is 0 Å². The van der Waals surface area contributed by atoms with Crippen LogP contribution in [-0.4, -0.2) is 37.9 Å². The lowest BCUT2D eigenvalue weighted by molar-refractivity contribution is -0.236. The molecule has 0 fully saturated rings. The number of aliphatic hydroxyl groups is 1. The summed E-state index contributed by atoms with van der Waals surface area (Å²) < 4.78 is 8.47. The fourth-order valence-corrected chi connectivity index (χ4v) is 0.0962. The second-order valence-electron chi connectivity index (χ2n) is 1.58. The monoisotopic (exact) mass is 212 g/mol. The minimum absolute atomic E-state index is 0.833. The van der Waals surface area contributed by atoms with E-state index in [0.29, 0.717) is 0 Å². The van der Waals surface area contributed by atoms with Gasteiger partial charge in [-0.3, -0.25) is 0 Å². The van der Waals surface area contributed by atoms with Gasteiger partial charge in [0.1, 0.15) is 0 Å². The number of primary amides is 4. The Hall–Kier alpha value is -1.58. The molecule has 0 aliphatic heterocycles. The molecule has 86 valence electrons. The van der Waals surface area contributed by atoms with Crippen LogP contribution < -0.4 is 22.9 Å². The molecule has 9 N–H and O–H groups in total. The zero-order chi connectivity index (χ0) is 12.1. The Morgan fingerprint density at radius 2 is 1.14 bits per heavy atom. The lowest BCUT2D eigenvalue weighted by Crippen LogP contribution is -2.18. The minimum Gasteiger partial charge on any atom is -0.352 e. The number of urea groups is 2. The Bertz CT molecular complexity index is 129. The number of hydrogen-bond donors (Lipinski definition) is 5. The first-order chi connectivity index (χ1) is 6.27. The van der Waals surface area contributed by atoms with Crippen molar-refractivity contribution < 1.29 is 24.2 Å². The molecule has 0 spiro atoms. The van der Waals surface area contributed by atoms with E-state index in [1.54, 1.807) is 0 Å². The zero-order valence-electron chi connectivity index (χ0n) is 7.97. The zero-order valence-corrected chi connectivity index (χ0v) is 7.97. The molecular weight excluding hydrogens is 196 g/mol. The molecule has 14 heavy (non-hydrogen) atoms. The van der Waals surface area contributed by atoms with Crippen LogP contribution in [0.1, 0.15) is 0 Å². The van der Waals surface area contributed by atoms with Crippen LogP contribution in [0.3, 0.4) is 0 Å². The third kappa shape index (κ3) is 158. The molecule has 0 saturated carbocycles. The average molecular weight is 212 g/mol. The quantitative estimate of drug-likeness (QED) is 0.320. The van der Waals surface area contributed by atoms with Gasteiger partial charge in [0.2, 0.25) is 0 Å². The summed E-state index contributed by atoms with van der Waals surface area (Å²) in [5.41, 5.74) is 17.0. The van der Waals surface area contributed by atoms with Crippen LogP contribution in [0.15, 0.2) is 0 Å². The number of methoxy groups -OCH3 is 2. The second kappa shape index (κ2) is 14.0. The van der Waals surface area contributed by atoms with Crippen molar-refractivity contribution in [3.8, 4) is 0 Å². The number of rotatable bonds is 2. The van der Waals surface area contributed by atoms with Gasteiger partial charge in [-0.1, -0.05) is 0 Å². The van der Waals surface area contributed by atoms with Gasteiger partial charge < -0.3 is 37.5 Å². The molecule has 0 aromatic rings. The van der Waals surface area contributed by atoms with Gasteiger partial charge in [0, 0.05) is 14.2 Å². The van der Waals surface area contributed by atoms with E-state index in [0.717, 1.165) is 0 Å². The summed E-state index contributed by atoms with van der Waals surface area (Å²) in [5, 5.41) is 8.22. The van der Waals surface area contributed by atoms with Crippen LogP contribution in [0.2, 0.25) is 0 Å². The van der Waals surface area contributed by atoms with E-state index in [2.05, 4.69) is 32.4 Å². The van der Waals surface area contributed by atoms with Crippen LogP contribution in [0, 0.1) is 0 Å². The molecular formula is C5H16N4O5. The third-order valence-electron chi connectivity index (χ3n) is 0.403. The Morgan fingerprint density at radius 3 is 1.14 bits per heavy atom. The fourth-order valence-electron chi connectivity index (χ4n) is 0.0962. The highest BCUT2D eigenvalue weighted by atomic mass is 16.8. The van der Waals surface area contributed by atoms with Crippen molar-refractivity contribution >= 4 is 12.1 Å². The molecule has 0 heterocycles. The predicted molar refractivity (Wildman–Crippen MR) is 47.6 cm³/mol. The van der Waals surface area contributed by atoms with Gasteiger partial charge in [0.25, 0.3) is 6.48 Å². The standard InChI is InChI=1S/C3H8O3.2CH4N2O/c1-5-3(4)6-2;2*2-1(3)4/h3-4H,1-2H3;2*(H4,2,3,4). The highest BCUT2D eigenvalue weighted by molar-refractivity contribution is 5.69. The number of carbonyl (C=O) groups is 2. The van der Waals surface area contributed by atoms with E-state index in [1.807, 2.05) is 0 Å². The Labute approximate surface area is 80.9 Å². The van der Waals surface area contributed by atoms with E-state index in [4.69, 9.17) is 14.7 Å². The Morgan fingerprint density at radius 1 is 1.00 bits per heavy atom. The maximum atomic E-state index is 9.00. The average Bonchev–Trinajstić information content (AvgIpc) is 2.01. The van der Waals surface area contributed by atoms with E-state index >= 15 is 0 Å². The highest BCUT2D eigenvalue weighted by Gasteiger charge is 1.90. The predicted octanol–water partition coefficient (Wildman–Crippen LogP) is -2.40. The molecule has 0 unspecified atom stereocenters. The van der Waals surface area contributed by atoms with Crippen molar-refractivity contribution in [2.24, 2.45) is 22.9 Å². The lowest BCUT2D eigenvalue weighted by Gasteiger charge is -2.01. The minimum atomic E-state index is -1.06. The van der Waals surface area contributed by atoms with Crippen molar-refractivity contribution in [2.45, 2.75) is 6.48 Å². The maximum absolute atomic E-state index is 9.00. The number of nitrogens with two attached hydrogens (primary N) is 4. The van der Waals surface area contributed by atoms with E-state index in [9.17, 15) is 0 Å². The Kier molecular flexibility index (Phi) is 18.2. The first kappa shape index (κ1) is 18.3. The number of ether oxygens (including phenoxy) is 2. The SMILES string of the molecule is COC(O)OC.NC(N)=O.NC(N)=O. The summed E-state index contributed by atoms with van der Waals surface area (Å²) in [6, 6.07) is -1.67.